The van der Waals surface area contributed by atoms with Crippen LogP contribution in [0.1, 0.15) is 12.5 Å². The number of benzene rings is 2. The Morgan fingerprint density at radius 2 is 1.93 bits per heavy atom. The number of ether oxygens (including phenoxy) is 1. The molecule has 0 unspecified atom stereocenters. The number of rotatable bonds is 6. The van der Waals surface area contributed by atoms with Gasteiger partial charge in [-0.25, -0.2) is 8.42 Å². The van der Waals surface area contributed by atoms with Gasteiger partial charge in [0, 0.05) is 5.69 Å². The molecule has 0 aliphatic heterocycles. The third-order valence-corrected chi connectivity index (χ3v) is 6.57. The number of nitriles is 1. The minimum Gasteiger partial charge on any atom is -0.456 e. The molecule has 0 amide bonds. The zero-order valence-electron chi connectivity index (χ0n) is 14.1. The lowest BCUT2D eigenvalue weighted by Gasteiger charge is -2.11. The van der Waals surface area contributed by atoms with Crippen LogP contribution in [-0.4, -0.2) is 18.5 Å². The Labute approximate surface area is 166 Å². The van der Waals surface area contributed by atoms with Crippen molar-refractivity contribution in [1.29, 1.82) is 5.26 Å². The van der Waals surface area contributed by atoms with Crippen molar-refractivity contribution in [2.75, 3.05) is 11.1 Å². The first-order valence-corrected chi connectivity index (χ1v) is 10.7. The summed E-state index contributed by atoms with van der Waals surface area (Å²) in [4.78, 5) is 0.160. The van der Waals surface area contributed by atoms with Gasteiger partial charge in [-0.3, -0.25) is 0 Å². The second-order valence-corrected chi connectivity index (χ2v) is 8.77. The number of nitrogens with zero attached hydrogens (tertiary/aromatic N) is 2. The van der Waals surface area contributed by atoms with Crippen LogP contribution in [0.25, 0.3) is 0 Å². The van der Waals surface area contributed by atoms with E-state index in [4.69, 9.17) is 21.6 Å². The monoisotopic (exact) mass is 419 g/mol. The first kappa shape index (κ1) is 19.2. The van der Waals surface area contributed by atoms with Gasteiger partial charge in [-0.05, 0) is 47.9 Å². The summed E-state index contributed by atoms with van der Waals surface area (Å²) in [5.74, 6) is 0.762. The first-order valence-electron chi connectivity index (χ1n) is 7.86. The SMILES string of the molecule is CCS(=O)(=O)c1ccccc1Oc1ccc(Nc2snc(Cl)c2C#N)cc1. The highest BCUT2D eigenvalue weighted by Gasteiger charge is 2.17. The van der Waals surface area contributed by atoms with Crippen LogP contribution in [0.3, 0.4) is 0 Å². The number of anilines is 2. The molecule has 3 aromatic rings. The molecule has 0 bridgehead atoms. The third kappa shape index (κ3) is 4.22. The van der Waals surface area contributed by atoms with Crippen molar-refractivity contribution in [2.24, 2.45) is 0 Å². The highest BCUT2D eigenvalue weighted by molar-refractivity contribution is 7.91. The molecule has 138 valence electrons. The van der Waals surface area contributed by atoms with Crippen LogP contribution in [0, 0.1) is 11.3 Å². The molecule has 6 nitrogen and oxygen atoms in total. The molecule has 1 N–H and O–H groups in total. The van der Waals surface area contributed by atoms with Gasteiger partial charge < -0.3 is 10.1 Å². The van der Waals surface area contributed by atoms with Crippen LogP contribution in [0.15, 0.2) is 53.4 Å². The van der Waals surface area contributed by atoms with Gasteiger partial charge in [0.05, 0.1) is 5.75 Å². The molecule has 0 aliphatic carbocycles. The molecule has 3 rings (SSSR count). The van der Waals surface area contributed by atoms with Crippen molar-refractivity contribution >= 4 is 43.7 Å². The molecule has 0 atom stereocenters. The standard InChI is InChI=1S/C18H14ClN3O3S2/c1-2-27(23,24)16-6-4-3-5-15(16)25-13-9-7-12(8-10-13)21-18-14(11-20)17(19)22-26-18/h3-10,21H,2H2,1H3. The van der Waals surface area contributed by atoms with Crippen LogP contribution in [0.2, 0.25) is 5.15 Å². The van der Waals surface area contributed by atoms with E-state index in [9.17, 15) is 8.42 Å². The zero-order valence-corrected chi connectivity index (χ0v) is 16.5. The van der Waals surface area contributed by atoms with E-state index in [0.29, 0.717) is 22.0 Å². The van der Waals surface area contributed by atoms with Crippen LogP contribution in [0.4, 0.5) is 10.7 Å². The normalized spacial score (nSPS) is 11.0. The fraction of sp³-hybridized carbons (Fsp3) is 0.111. The number of halogens is 1. The number of para-hydroxylation sites is 1. The van der Waals surface area contributed by atoms with Gasteiger partial charge in [0.2, 0.25) is 0 Å². The minimum absolute atomic E-state index is 0.00509. The lowest BCUT2D eigenvalue weighted by molar-refractivity contribution is 0.467. The molecule has 0 spiro atoms. The second-order valence-electron chi connectivity index (χ2n) is 5.39. The van der Waals surface area contributed by atoms with Crippen molar-refractivity contribution < 1.29 is 13.2 Å². The number of hydrogen-bond acceptors (Lipinski definition) is 7. The van der Waals surface area contributed by atoms with E-state index in [0.717, 1.165) is 11.5 Å². The third-order valence-electron chi connectivity index (χ3n) is 3.67. The molecule has 1 aromatic heterocycles. The Balaban J connectivity index is 1.81. The molecule has 2 aromatic carbocycles. The predicted molar refractivity (Wildman–Crippen MR) is 106 cm³/mol. The van der Waals surface area contributed by atoms with E-state index >= 15 is 0 Å². The van der Waals surface area contributed by atoms with Gasteiger partial charge in [0.25, 0.3) is 0 Å². The van der Waals surface area contributed by atoms with E-state index in [1.165, 1.54) is 6.07 Å². The summed E-state index contributed by atoms with van der Waals surface area (Å²) in [6, 6.07) is 15.4. The van der Waals surface area contributed by atoms with E-state index in [-0.39, 0.29) is 21.6 Å². The minimum atomic E-state index is -3.39. The average Bonchev–Trinajstić information content (AvgIpc) is 3.03. The van der Waals surface area contributed by atoms with Gasteiger partial charge in [-0.1, -0.05) is 30.7 Å². The maximum atomic E-state index is 12.2. The Hall–Kier alpha value is -2.60. The fourth-order valence-electron chi connectivity index (χ4n) is 2.26. The Bertz CT molecular complexity index is 1100. The van der Waals surface area contributed by atoms with Crippen LogP contribution >= 0.6 is 23.1 Å². The highest BCUT2D eigenvalue weighted by atomic mass is 35.5. The number of hydrogen-bond donors (Lipinski definition) is 1. The molecule has 0 saturated carbocycles. The molecular weight excluding hydrogens is 406 g/mol. The maximum absolute atomic E-state index is 12.2. The van der Waals surface area contributed by atoms with Crippen molar-refractivity contribution in [3.05, 3.63) is 59.2 Å². The molecular formula is C18H14ClN3O3S2. The summed E-state index contributed by atoms with van der Waals surface area (Å²) in [7, 11) is -3.39. The predicted octanol–water partition coefficient (Wildman–Crippen LogP) is 5.00. The van der Waals surface area contributed by atoms with Crippen LogP contribution in [-0.2, 0) is 9.84 Å². The number of nitrogens with one attached hydrogen (secondary N) is 1. The highest BCUT2D eigenvalue weighted by Crippen LogP contribution is 2.33. The number of aromatic nitrogens is 1. The summed E-state index contributed by atoms with van der Waals surface area (Å²) in [5.41, 5.74) is 1.01. The molecule has 0 radical (unpaired) electrons. The molecule has 1 heterocycles. The van der Waals surface area contributed by atoms with Gasteiger partial charge >= 0.3 is 0 Å². The second kappa shape index (κ2) is 7.96. The van der Waals surface area contributed by atoms with Crippen LogP contribution < -0.4 is 10.1 Å². The molecule has 27 heavy (non-hydrogen) atoms. The van der Waals surface area contributed by atoms with E-state index in [1.807, 2.05) is 6.07 Å². The smallest absolute Gasteiger partial charge is 0.181 e. The van der Waals surface area contributed by atoms with Crippen molar-refractivity contribution in [3.8, 4) is 17.6 Å². The lowest BCUT2D eigenvalue weighted by Crippen LogP contribution is -2.05. The van der Waals surface area contributed by atoms with Crippen molar-refractivity contribution in [2.45, 2.75) is 11.8 Å². The summed E-state index contributed by atoms with van der Waals surface area (Å²) < 4.78 is 34.1. The summed E-state index contributed by atoms with van der Waals surface area (Å²) in [5, 5.41) is 12.9. The van der Waals surface area contributed by atoms with Crippen LogP contribution in [0.5, 0.6) is 11.5 Å². The van der Waals surface area contributed by atoms with Crippen molar-refractivity contribution in [1.82, 2.24) is 4.37 Å². The first-order chi connectivity index (χ1) is 12.9. The van der Waals surface area contributed by atoms with Gasteiger partial charge in [-0.2, -0.15) is 9.64 Å². The average molecular weight is 420 g/mol. The van der Waals surface area contributed by atoms with E-state index in [2.05, 4.69) is 9.69 Å². The van der Waals surface area contributed by atoms with Gasteiger partial charge in [0.15, 0.2) is 15.0 Å². The fourth-order valence-corrected chi connectivity index (χ4v) is 4.23. The van der Waals surface area contributed by atoms with Gasteiger partial charge in [-0.15, -0.1) is 0 Å². The summed E-state index contributed by atoms with van der Waals surface area (Å²) in [6.45, 7) is 1.59. The van der Waals surface area contributed by atoms with E-state index in [1.54, 1.807) is 49.4 Å². The van der Waals surface area contributed by atoms with Crippen molar-refractivity contribution in [3.63, 3.8) is 0 Å². The zero-order chi connectivity index (χ0) is 19.4. The summed E-state index contributed by atoms with van der Waals surface area (Å²) >= 11 is 6.95. The lowest BCUT2D eigenvalue weighted by atomic mass is 10.3. The van der Waals surface area contributed by atoms with Gasteiger partial charge in [0.1, 0.15) is 33.0 Å². The molecule has 0 fully saturated rings. The van der Waals surface area contributed by atoms with E-state index < -0.39 is 9.84 Å². The topological polar surface area (TPSA) is 92.1 Å². The Kier molecular flexibility index (Phi) is 5.65. The summed E-state index contributed by atoms with van der Waals surface area (Å²) in [6.07, 6.45) is 0. The Morgan fingerprint density at radius 1 is 1.22 bits per heavy atom. The molecule has 0 aliphatic rings. The molecule has 9 heteroatoms. The number of sulfone groups is 1. The quantitative estimate of drug-likeness (QED) is 0.604. The largest absolute Gasteiger partial charge is 0.456 e. The Morgan fingerprint density at radius 3 is 2.59 bits per heavy atom. The molecule has 0 saturated heterocycles. The maximum Gasteiger partial charge on any atom is 0.181 e.